The number of carbonyl (C=O) groups excluding carboxylic acids is 1. The molecule has 0 aliphatic carbocycles. The number of aromatic carboxylic acids is 1. The Hall–Kier alpha value is -2.83. The summed E-state index contributed by atoms with van der Waals surface area (Å²) in [6.07, 6.45) is 3.78. The van der Waals surface area contributed by atoms with Crippen LogP contribution in [0.2, 0.25) is 0 Å². The Bertz CT molecular complexity index is 631. The highest BCUT2D eigenvalue weighted by Gasteiger charge is 2.17. The maximum atomic E-state index is 13.4. The maximum absolute atomic E-state index is 13.4. The van der Waals surface area contributed by atoms with Gasteiger partial charge >= 0.3 is 5.97 Å². The van der Waals surface area contributed by atoms with Crippen molar-refractivity contribution in [3.05, 3.63) is 53.9 Å². The molecule has 2 aromatic rings. The van der Waals surface area contributed by atoms with Gasteiger partial charge in [0.25, 0.3) is 5.91 Å². The molecule has 7 heteroatoms. The molecule has 0 atom stereocenters. The molecule has 1 aromatic heterocycles. The molecule has 0 aliphatic heterocycles. The van der Waals surface area contributed by atoms with E-state index in [0.717, 1.165) is 6.07 Å². The van der Waals surface area contributed by atoms with Crippen LogP contribution in [-0.2, 0) is 0 Å². The molecule has 0 spiro atoms. The van der Waals surface area contributed by atoms with Crippen LogP contribution in [0.15, 0.2) is 36.9 Å². The quantitative estimate of drug-likeness (QED) is 0.874. The molecule has 0 unspecified atom stereocenters. The highest BCUT2D eigenvalue weighted by atomic mass is 19.1. The standard InChI is InChI=1S/C12H8FN3O3/c13-8-2-1-3-9(10(8)12(18)19)16-11(17)7-4-14-6-15-5-7/h1-6H,(H,16,17)(H,18,19). The van der Waals surface area contributed by atoms with Crippen LogP contribution in [0.4, 0.5) is 10.1 Å². The highest BCUT2D eigenvalue weighted by molar-refractivity contribution is 6.07. The van der Waals surface area contributed by atoms with E-state index in [0.29, 0.717) is 0 Å². The molecular weight excluding hydrogens is 253 g/mol. The number of anilines is 1. The first-order valence-electron chi connectivity index (χ1n) is 5.18. The summed E-state index contributed by atoms with van der Waals surface area (Å²) in [7, 11) is 0. The minimum atomic E-state index is -1.46. The van der Waals surface area contributed by atoms with Crippen LogP contribution in [0, 0.1) is 5.82 Å². The Morgan fingerprint density at radius 1 is 1.21 bits per heavy atom. The summed E-state index contributed by atoms with van der Waals surface area (Å²) in [5, 5.41) is 11.2. The molecule has 0 radical (unpaired) electrons. The van der Waals surface area contributed by atoms with Crippen LogP contribution in [-0.4, -0.2) is 27.0 Å². The van der Waals surface area contributed by atoms with Gasteiger partial charge in [-0.05, 0) is 12.1 Å². The van der Waals surface area contributed by atoms with Crippen LogP contribution >= 0.6 is 0 Å². The van der Waals surface area contributed by atoms with E-state index < -0.39 is 23.3 Å². The molecule has 2 N–H and O–H groups in total. The van der Waals surface area contributed by atoms with Gasteiger partial charge in [0, 0.05) is 12.4 Å². The zero-order valence-electron chi connectivity index (χ0n) is 9.50. The van der Waals surface area contributed by atoms with E-state index in [9.17, 15) is 14.0 Å². The van der Waals surface area contributed by atoms with E-state index >= 15 is 0 Å². The van der Waals surface area contributed by atoms with Gasteiger partial charge in [0.2, 0.25) is 0 Å². The SMILES string of the molecule is O=C(Nc1cccc(F)c1C(=O)O)c1cncnc1. The van der Waals surface area contributed by atoms with Crippen molar-refractivity contribution in [3.63, 3.8) is 0 Å². The van der Waals surface area contributed by atoms with E-state index in [1.54, 1.807) is 0 Å². The molecule has 1 amide bonds. The molecule has 0 bridgehead atoms. The van der Waals surface area contributed by atoms with Crippen molar-refractivity contribution in [1.82, 2.24) is 9.97 Å². The fraction of sp³-hybridized carbons (Fsp3) is 0. The summed E-state index contributed by atoms with van der Waals surface area (Å²) in [4.78, 5) is 30.1. The van der Waals surface area contributed by atoms with Gasteiger partial charge in [-0.1, -0.05) is 6.07 Å². The number of amides is 1. The third-order valence-electron chi connectivity index (χ3n) is 2.30. The van der Waals surface area contributed by atoms with Gasteiger partial charge < -0.3 is 10.4 Å². The summed E-state index contributed by atoms with van der Waals surface area (Å²) >= 11 is 0. The average Bonchev–Trinajstić information content (AvgIpc) is 2.39. The van der Waals surface area contributed by atoms with Crippen molar-refractivity contribution in [3.8, 4) is 0 Å². The number of benzene rings is 1. The summed E-state index contributed by atoms with van der Waals surface area (Å²) < 4.78 is 13.4. The first-order chi connectivity index (χ1) is 9.09. The first kappa shape index (κ1) is 12.6. The average molecular weight is 261 g/mol. The predicted molar refractivity (Wildman–Crippen MR) is 63.3 cm³/mol. The Balaban J connectivity index is 2.32. The molecule has 96 valence electrons. The molecule has 19 heavy (non-hydrogen) atoms. The van der Waals surface area contributed by atoms with E-state index in [4.69, 9.17) is 5.11 Å². The van der Waals surface area contributed by atoms with Gasteiger partial charge in [0.15, 0.2) is 0 Å². The summed E-state index contributed by atoms with van der Waals surface area (Å²) in [6, 6.07) is 3.61. The number of aromatic nitrogens is 2. The van der Waals surface area contributed by atoms with E-state index in [2.05, 4.69) is 15.3 Å². The molecule has 6 nitrogen and oxygen atoms in total. The summed E-state index contributed by atoms with van der Waals surface area (Å²) in [5.74, 6) is -3.00. The third-order valence-corrected chi connectivity index (χ3v) is 2.30. The normalized spacial score (nSPS) is 9.95. The topological polar surface area (TPSA) is 92.2 Å². The smallest absolute Gasteiger partial charge is 0.340 e. The number of hydrogen-bond donors (Lipinski definition) is 2. The van der Waals surface area contributed by atoms with Crippen molar-refractivity contribution in [2.45, 2.75) is 0 Å². The summed E-state index contributed by atoms with van der Waals surface area (Å²) in [6.45, 7) is 0. The second kappa shape index (κ2) is 5.21. The Kier molecular flexibility index (Phi) is 3.46. The zero-order chi connectivity index (χ0) is 13.8. The maximum Gasteiger partial charge on any atom is 0.340 e. The van der Waals surface area contributed by atoms with Crippen LogP contribution < -0.4 is 5.32 Å². The van der Waals surface area contributed by atoms with Crippen molar-refractivity contribution >= 4 is 17.6 Å². The second-order valence-corrected chi connectivity index (χ2v) is 3.55. The largest absolute Gasteiger partial charge is 0.478 e. The Morgan fingerprint density at radius 2 is 1.89 bits per heavy atom. The van der Waals surface area contributed by atoms with Gasteiger partial charge in [-0.25, -0.2) is 19.2 Å². The first-order valence-corrected chi connectivity index (χ1v) is 5.18. The number of rotatable bonds is 3. The van der Waals surface area contributed by atoms with Crippen LogP contribution in [0.3, 0.4) is 0 Å². The van der Waals surface area contributed by atoms with Gasteiger partial charge in [0.1, 0.15) is 17.7 Å². The molecule has 1 aromatic carbocycles. The van der Waals surface area contributed by atoms with Gasteiger partial charge in [-0.2, -0.15) is 0 Å². The monoisotopic (exact) mass is 261 g/mol. The number of nitrogens with one attached hydrogen (secondary N) is 1. The lowest BCUT2D eigenvalue weighted by molar-refractivity contribution is 0.0693. The summed E-state index contributed by atoms with van der Waals surface area (Å²) in [5.41, 5.74) is -0.572. The molecule has 0 saturated heterocycles. The Labute approximate surface area is 106 Å². The lowest BCUT2D eigenvalue weighted by Gasteiger charge is -2.08. The highest BCUT2D eigenvalue weighted by Crippen LogP contribution is 2.19. The van der Waals surface area contributed by atoms with Gasteiger partial charge in [-0.3, -0.25) is 4.79 Å². The van der Waals surface area contributed by atoms with E-state index in [-0.39, 0.29) is 11.3 Å². The van der Waals surface area contributed by atoms with Crippen molar-refractivity contribution < 1.29 is 19.1 Å². The lowest BCUT2D eigenvalue weighted by atomic mass is 10.1. The number of hydrogen-bond acceptors (Lipinski definition) is 4. The van der Waals surface area contributed by atoms with Crippen molar-refractivity contribution in [2.24, 2.45) is 0 Å². The number of carbonyl (C=O) groups is 2. The molecule has 0 saturated carbocycles. The number of halogens is 1. The number of carboxylic acid groups (broad SMARTS) is 1. The lowest BCUT2D eigenvalue weighted by Crippen LogP contribution is -2.16. The molecular formula is C12H8FN3O3. The fourth-order valence-electron chi connectivity index (χ4n) is 1.46. The van der Waals surface area contributed by atoms with Gasteiger partial charge in [0.05, 0.1) is 11.3 Å². The molecule has 0 aliphatic rings. The molecule has 0 fully saturated rings. The van der Waals surface area contributed by atoms with Crippen LogP contribution in [0.25, 0.3) is 0 Å². The minimum absolute atomic E-state index is 0.124. The number of nitrogens with zero attached hydrogens (tertiary/aromatic N) is 2. The molecule has 2 rings (SSSR count). The van der Waals surface area contributed by atoms with Crippen molar-refractivity contribution in [1.29, 1.82) is 0 Å². The van der Waals surface area contributed by atoms with E-state index in [1.807, 2.05) is 0 Å². The predicted octanol–water partition coefficient (Wildman–Crippen LogP) is 1.57. The number of carboxylic acids is 1. The third kappa shape index (κ3) is 2.71. The Morgan fingerprint density at radius 3 is 2.53 bits per heavy atom. The van der Waals surface area contributed by atoms with Gasteiger partial charge in [-0.15, -0.1) is 0 Å². The second-order valence-electron chi connectivity index (χ2n) is 3.55. The minimum Gasteiger partial charge on any atom is -0.478 e. The zero-order valence-corrected chi connectivity index (χ0v) is 9.50. The fourth-order valence-corrected chi connectivity index (χ4v) is 1.46. The van der Waals surface area contributed by atoms with Crippen LogP contribution in [0.1, 0.15) is 20.7 Å². The van der Waals surface area contributed by atoms with E-state index in [1.165, 1.54) is 30.9 Å². The molecule has 1 heterocycles. The van der Waals surface area contributed by atoms with Crippen LogP contribution in [0.5, 0.6) is 0 Å². The van der Waals surface area contributed by atoms with Crippen molar-refractivity contribution in [2.75, 3.05) is 5.32 Å².